The minimum absolute atomic E-state index is 0.0295. The van der Waals surface area contributed by atoms with E-state index in [1.807, 2.05) is 48.8 Å². The van der Waals surface area contributed by atoms with E-state index in [-0.39, 0.29) is 16.3 Å². The highest BCUT2D eigenvalue weighted by molar-refractivity contribution is 6.88. The summed E-state index contributed by atoms with van der Waals surface area (Å²) < 4.78 is 2.07. The van der Waals surface area contributed by atoms with Crippen LogP contribution in [0.15, 0.2) is 96.3 Å². The second-order valence-electron chi connectivity index (χ2n) is 15.2. The van der Waals surface area contributed by atoms with Crippen molar-refractivity contribution in [1.29, 1.82) is 0 Å². The molecular weight excluding hydrogens is 583 g/mol. The van der Waals surface area contributed by atoms with Crippen molar-refractivity contribution in [3.8, 4) is 39.6 Å². The summed E-state index contributed by atoms with van der Waals surface area (Å²) in [6, 6.07) is 23.1. The molecule has 0 saturated carbocycles. The first-order valence-corrected chi connectivity index (χ1v) is 19.4. The van der Waals surface area contributed by atoms with E-state index in [9.17, 15) is 4.79 Å². The van der Waals surface area contributed by atoms with Gasteiger partial charge in [-0.3, -0.25) is 19.3 Å². The molecule has 4 heterocycles. The molecule has 234 valence electrons. The third kappa shape index (κ3) is 5.87. The fourth-order valence-corrected chi connectivity index (χ4v) is 6.83. The number of aromatic amines is 1. The molecule has 46 heavy (non-hydrogen) atoms. The molecule has 0 radical (unpaired) electrons. The van der Waals surface area contributed by atoms with Crippen molar-refractivity contribution in [1.82, 2.24) is 24.5 Å². The highest BCUT2D eigenvalue weighted by Crippen LogP contribution is 2.37. The Morgan fingerprint density at radius 3 is 2.13 bits per heavy atom. The first-order chi connectivity index (χ1) is 21.6. The van der Waals surface area contributed by atoms with Gasteiger partial charge in [-0.25, -0.2) is 4.98 Å². The number of imidazole rings is 1. The highest BCUT2D eigenvalue weighted by atomic mass is 28.3. The number of nitrogens with zero attached hydrogens (tertiary/aromatic N) is 4. The molecule has 0 aliphatic heterocycles. The lowest BCUT2D eigenvalue weighted by Crippen LogP contribution is -2.37. The van der Waals surface area contributed by atoms with Gasteiger partial charge in [-0.15, -0.1) is 0 Å². The van der Waals surface area contributed by atoms with E-state index in [1.165, 1.54) is 10.8 Å². The Morgan fingerprint density at radius 2 is 1.50 bits per heavy atom. The number of fused-ring (bicyclic) bond motifs is 1. The van der Waals surface area contributed by atoms with Gasteiger partial charge in [0.1, 0.15) is 5.52 Å². The highest BCUT2D eigenvalue weighted by Gasteiger charge is 2.25. The molecule has 1 N–H and O–H groups in total. The fourth-order valence-electron chi connectivity index (χ4n) is 5.80. The van der Waals surface area contributed by atoms with E-state index in [1.54, 1.807) is 12.4 Å². The quantitative estimate of drug-likeness (QED) is 0.195. The SMILES string of the molecule is CC(C)(C)c1cc(-c2ccc([Si](C)(C)C)cn2)cc(-c2nccc3c2nc(-c2c[nH]cc(C(C)(C)C)c2=O)n3-c2ccccc2)c1. The van der Waals surface area contributed by atoms with Crippen molar-refractivity contribution in [3.05, 3.63) is 113 Å². The maximum atomic E-state index is 14.0. The van der Waals surface area contributed by atoms with Crippen LogP contribution in [-0.2, 0) is 10.8 Å². The molecule has 0 bridgehead atoms. The number of nitrogens with one attached hydrogen (secondary N) is 1. The molecule has 0 aliphatic carbocycles. The van der Waals surface area contributed by atoms with Gasteiger partial charge in [0, 0.05) is 47.2 Å². The van der Waals surface area contributed by atoms with Crippen LogP contribution in [-0.4, -0.2) is 32.6 Å². The summed E-state index contributed by atoms with van der Waals surface area (Å²) in [5.74, 6) is 0.582. The average molecular weight is 626 g/mol. The number of para-hydroxylation sites is 1. The summed E-state index contributed by atoms with van der Waals surface area (Å²) >= 11 is 0. The number of benzene rings is 2. The Bertz CT molecular complexity index is 2110. The van der Waals surface area contributed by atoms with Crippen LogP contribution in [0.5, 0.6) is 0 Å². The molecule has 0 spiro atoms. The van der Waals surface area contributed by atoms with Crippen LogP contribution in [0.4, 0.5) is 0 Å². The standard InChI is InChI=1S/C39H43N5OSi/c1-38(2,3)27-20-25(32-16-15-29(22-42-32)46(7,8)9)19-26(21-27)34-35-33(17-18-41-34)44(28-13-11-10-12-14-28)37(43-35)30-23-40-24-31(36(30)45)39(4,5)6/h10-24H,1-9H3,(H,40,45). The first kappa shape index (κ1) is 31.4. The minimum Gasteiger partial charge on any atom is -0.366 e. The van der Waals surface area contributed by atoms with Crippen LogP contribution in [0.1, 0.15) is 52.7 Å². The van der Waals surface area contributed by atoms with Gasteiger partial charge < -0.3 is 4.98 Å². The summed E-state index contributed by atoms with van der Waals surface area (Å²) in [7, 11) is -1.48. The molecule has 0 aliphatic rings. The lowest BCUT2D eigenvalue weighted by molar-refractivity contribution is 0.583. The molecule has 2 aromatic carbocycles. The lowest BCUT2D eigenvalue weighted by atomic mass is 9.84. The van der Waals surface area contributed by atoms with Gasteiger partial charge in [-0.05, 0) is 64.0 Å². The zero-order chi connectivity index (χ0) is 33.0. The molecule has 0 amide bonds. The third-order valence-electron chi connectivity index (χ3n) is 8.58. The summed E-state index contributed by atoms with van der Waals surface area (Å²) in [6.45, 7) is 19.8. The van der Waals surface area contributed by atoms with Crippen molar-refractivity contribution < 1.29 is 0 Å². The van der Waals surface area contributed by atoms with Crippen molar-refractivity contribution in [2.45, 2.75) is 72.0 Å². The number of hydrogen-bond donors (Lipinski definition) is 1. The van der Waals surface area contributed by atoms with Crippen LogP contribution < -0.4 is 10.6 Å². The number of rotatable bonds is 5. The van der Waals surface area contributed by atoms with E-state index in [0.717, 1.165) is 39.2 Å². The van der Waals surface area contributed by atoms with Gasteiger partial charge in [0.05, 0.1) is 30.5 Å². The zero-order valence-corrected chi connectivity index (χ0v) is 29.4. The van der Waals surface area contributed by atoms with Crippen LogP contribution in [0, 0.1) is 0 Å². The van der Waals surface area contributed by atoms with Crippen LogP contribution in [0.3, 0.4) is 0 Å². The van der Waals surface area contributed by atoms with Crippen molar-refractivity contribution in [2.24, 2.45) is 0 Å². The smallest absolute Gasteiger partial charge is 0.196 e. The van der Waals surface area contributed by atoms with Crippen molar-refractivity contribution in [3.63, 3.8) is 0 Å². The number of hydrogen-bond acceptors (Lipinski definition) is 4. The molecule has 4 aromatic heterocycles. The maximum Gasteiger partial charge on any atom is 0.196 e. The van der Waals surface area contributed by atoms with Gasteiger partial charge in [0.25, 0.3) is 0 Å². The van der Waals surface area contributed by atoms with Gasteiger partial charge >= 0.3 is 0 Å². The van der Waals surface area contributed by atoms with Crippen molar-refractivity contribution >= 4 is 24.3 Å². The summed E-state index contributed by atoms with van der Waals surface area (Å²) in [6.07, 6.45) is 7.45. The number of aromatic nitrogens is 5. The number of H-pyrrole nitrogens is 1. The molecule has 0 unspecified atom stereocenters. The van der Waals surface area contributed by atoms with Crippen LogP contribution >= 0.6 is 0 Å². The van der Waals surface area contributed by atoms with Gasteiger partial charge in [-0.2, -0.15) is 0 Å². The molecular formula is C39H43N5OSi. The molecule has 6 nitrogen and oxygen atoms in total. The molecule has 0 saturated heterocycles. The van der Waals surface area contributed by atoms with E-state index >= 15 is 0 Å². The van der Waals surface area contributed by atoms with Crippen LogP contribution in [0.25, 0.3) is 50.6 Å². The molecule has 0 atom stereocenters. The Balaban J connectivity index is 1.62. The van der Waals surface area contributed by atoms with E-state index in [4.69, 9.17) is 15.0 Å². The van der Waals surface area contributed by atoms with E-state index in [2.05, 4.69) is 101 Å². The van der Waals surface area contributed by atoms with Gasteiger partial charge in [0.15, 0.2) is 11.3 Å². The monoisotopic (exact) mass is 625 g/mol. The lowest BCUT2D eigenvalue weighted by Gasteiger charge is -2.22. The Hall–Kier alpha value is -4.62. The average Bonchev–Trinajstić information content (AvgIpc) is 3.39. The van der Waals surface area contributed by atoms with Gasteiger partial charge in [0.2, 0.25) is 0 Å². The third-order valence-corrected chi connectivity index (χ3v) is 10.6. The molecule has 6 aromatic rings. The summed E-state index contributed by atoms with van der Waals surface area (Å²) in [5, 5.41) is 1.33. The summed E-state index contributed by atoms with van der Waals surface area (Å²) in [5.41, 5.74) is 8.21. The molecule has 7 heteroatoms. The van der Waals surface area contributed by atoms with E-state index in [0.29, 0.717) is 17.0 Å². The normalized spacial score (nSPS) is 12.5. The maximum absolute atomic E-state index is 14.0. The second-order valence-corrected chi connectivity index (χ2v) is 20.3. The van der Waals surface area contributed by atoms with Crippen molar-refractivity contribution in [2.75, 3.05) is 0 Å². The zero-order valence-electron chi connectivity index (χ0n) is 28.4. The fraction of sp³-hybridized carbons (Fsp3) is 0.282. The van der Waals surface area contributed by atoms with E-state index < -0.39 is 8.07 Å². The predicted octanol–water partition coefficient (Wildman–Crippen LogP) is 8.65. The summed E-state index contributed by atoms with van der Waals surface area (Å²) in [4.78, 5) is 32.3. The van der Waals surface area contributed by atoms with Gasteiger partial charge in [-0.1, -0.05) is 85.4 Å². The Morgan fingerprint density at radius 1 is 0.783 bits per heavy atom. The molecule has 0 fully saturated rings. The number of pyridine rings is 3. The minimum atomic E-state index is -1.48. The van der Waals surface area contributed by atoms with Crippen LogP contribution in [0.2, 0.25) is 19.6 Å². The molecule has 6 rings (SSSR count). The predicted molar refractivity (Wildman–Crippen MR) is 194 cm³/mol. The Labute approximate surface area is 272 Å². The topological polar surface area (TPSA) is 76.5 Å². The Kier molecular flexibility index (Phi) is 7.72. The second kappa shape index (κ2) is 11.3. The first-order valence-electron chi connectivity index (χ1n) is 15.9. The largest absolute Gasteiger partial charge is 0.366 e.